The zero-order chi connectivity index (χ0) is 9.84. The van der Waals surface area contributed by atoms with Crippen LogP contribution in [0.3, 0.4) is 0 Å². The molecule has 0 atom stereocenters. The topological polar surface area (TPSA) is 79.0 Å². The summed E-state index contributed by atoms with van der Waals surface area (Å²) in [5, 5.41) is 10.0. The van der Waals surface area contributed by atoms with Crippen molar-refractivity contribution in [3.8, 4) is 0 Å². The lowest BCUT2D eigenvalue weighted by Crippen LogP contribution is -2.11. The summed E-state index contributed by atoms with van der Waals surface area (Å²) >= 11 is 0. The van der Waals surface area contributed by atoms with E-state index in [0.29, 0.717) is 11.1 Å². The highest BCUT2D eigenvalue weighted by atomic mass is 16.1. The minimum atomic E-state index is -0.481. The van der Waals surface area contributed by atoms with Crippen LogP contribution < -0.4 is 11.1 Å². The van der Waals surface area contributed by atoms with Crippen molar-refractivity contribution in [1.82, 2.24) is 0 Å². The van der Waals surface area contributed by atoms with Gasteiger partial charge in [-0.15, -0.1) is 0 Å². The van der Waals surface area contributed by atoms with Gasteiger partial charge in [-0.05, 0) is 18.2 Å². The molecule has 0 spiro atoms. The third-order valence-corrected chi connectivity index (χ3v) is 1.76. The first-order chi connectivity index (χ1) is 6.19. The molecule has 0 saturated carbocycles. The molecule has 0 aliphatic heterocycles. The Morgan fingerprint density at radius 1 is 1.62 bits per heavy atom. The maximum Gasteiger partial charge on any atom is 0.248 e. The fraction of sp³-hybridized carbons (Fsp3) is 0.111. The van der Waals surface area contributed by atoms with Crippen LogP contribution in [-0.4, -0.2) is 19.2 Å². The Labute approximate surface area is 76.3 Å². The van der Waals surface area contributed by atoms with Gasteiger partial charge in [0.15, 0.2) is 0 Å². The third-order valence-electron chi connectivity index (χ3n) is 1.76. The maximum atomic E-state index is 10.8. The molecule has 4 heteroatoms. The Hall–Kier alpha value is -1.84. The van der Waals surface area contributed by atoms with Gasteiger partial charge in [-0.2, -0.15) is 0 Å². The molecule has 0 aliphatic rings. The molecular weight excluding hydrogens is 166 g/mol. The summed E-state index contributed by atoms with van der Waals surface area (Å²) in [5.74, 6) is -0.481. The number of amides is 1. The average Bonchev–Trinajstić information content (AvgIpc) is 2.16. The van der Waals surface area contributed by atoms with Crippen LogP contribution in [0.2, 0.25) is 0 Å². The standard InChI is InChI=1S/C9H11N3O/c1-12-8-3-2-6(9(11)13)4-7(8)5-10/h2-5,10,12H,1H3,(H2,11,13). The molecule has 0 fully saturated rings. The minimum absolute atomic E-state index is 0.414. The largest absolute Gasteiger partial charge is 0.388 e. The summed E-state index contributed by atoms with van der Waals surface area (Å²) in [5.41, 5.74) is 6.97. The van der Waals surface area contributed by atoms with Crippen LogP contribution in [0.25, 0.3) is 0 Å². The highest BCUT2D eigenvalue weighted by Crippen LogP contribution is 2.14. The first kappa shape index (κ1) is 9.25. The van der Waals surface area contributed by atoms with E-state index in [1.165, 1.54) is 6.21 Å². The SMILES string of the molecule is CNc1ccc(C(N)=O)cc1C=N. The lowest BCUT2D eigenvalue weighted by atomic mass is 10.1. The number of rotatable bonds is 3. The van der Waals surface area contributed by atoms with Gasteiger partial charge in [0.05, 0.1) is 0 Å². The molecule has 1 rings (SSSR count). The van der Waals surface area contributed by atoms with Gasteiger partial charge in [0.1, 0.15) is 0 Å². The Balaban J connectivity index is 3.20. The van der Waals surface area contributed by atoms with Crippen molar-refractivity contribution in [1.29, 1.82) is 5.41 Å². The van der Waals surface area contributed by atoms with E-state index < -0.39 is 5.91 Å². The highest BCUT2D eigenvalue weighted by Gasteiger charge is 2.03. The monoisotopic (exact) mass is 177 g/mol. The van der Waals surface area contributed by atoms with E-state index in [2.05, 4.69) is 5.32 Å². The number of primary amides is 1. The third kappa shape index (κ3) is 1.84. The van der Waals surface area contributed by atoms with E-state index in [1.807, 2.05) is 0 Å². The number of hydrogen-bond donors (Lipinski definition) is 3. The molecule has 68 valence electrons. The van der Waals surface area contributed by atoms with Crippen LogP contribution in [0.4, 0.5) is 5.69 Å². The molecule has 4 N–H and O–H groups in total. The smallest absolute Gasteiger partial charge is 0.248 e. The number of nitrogens with one attached hydrogen (secondary N) is 2. The van der Waals surface area contributed by atoms with Crippen LogP contribution in [-0.2, 0) is 0 Å². The van der Waals surface area contributed by atoms with Crippen molar-refractivity contribution in [2.45, 2.75) is 0 Å². The van der Waals surface area contributed by atoms with Gasteiger partial charge in [0, 0.05) is 30.1 Å². The number of carbonyl (C=O) groups excluding carboxylic acids is 1. The molecular formula is C9H11N3O. The van der Waals surface area contributed by atoms with Crippen molar-refractivity contribution in [2.75, 3.05) is 12.4 Å². The van der Waals surface area contributed by atoms with Crippen molar-refractivity contribution < 1.29 is 4.79 Å². The van der Waals surface area contributed by atoms with Crippen molar-refractivity contribution in [3.05, 3.63) is 29.3 Å². The van der Waals surface area contributed by atoms with Gasteiger partial charge < -0.3 is 16.5 Å². The van der Waals surface area contributed by atoms with Crippen molar-refractivity contribution >= 4 is 17.8 Å². The van der Waals surface area contributed by atoms with Crippen LogP contribution in [0.1, 0.15) is 15.9 Å². The first-order valence-corrected chi connectivity index (χ1v) is 3.81. The summed E-state index contributed by atoms with van der Waals surface area (Å²) in [4.78, 5) is 10.8. The van der Waals surface area contributed by atoms with E-state index in [4.69, 9.17) is 11.1 Å². The second-order valence-corrected chi connectivity index (χ2v) is 2.56. The summed E-state index contributed by atoms with van der Waals surface area (Å²) in [6.45, 7) is 0. The van der Waals surface area contributed by atoms with Crippen LogP contribution in [0, 0.1) is 5.41 Å². The van der Waals surface area contributed by atoms with Gasteiger partial charge >= 0.3 is 0 Å². The van der Waals surface area contributed by atoms with Crippen LogP contribution in [0.5, 0.6) is 0 Å². The zero-order valence-corrected chi connectivity index (χ0v) is 7.29. The Morgan fingerprint density at radius 2 is 2.31 bits per heavy atom. The predicted octanol–water partition coefficient (Wildman–Crippen LogP) is 0.825. The van der Waals surface area contributed by atoms with Crippen LogP contribution in [0.15, 0.2) is 18.2 Å². The molecule has 0 aromatic heterocycles. The van der Waals surface area contributed by atoms with E-state index in [0.717, 1.165) is 5.69 Å². The minimum Gasteiger partial charge on any atom is -0.388 e. The Bertz CT molecular complexity index is 347. The quantitative estimate of drug-likeness (QED) is 0.598. The van der Waals surface area contributed by atoms with E-state index in [1.54, 1.807) is 25.2 Å². The first-order valence-electron chi connectivity index (χ1n) is 3.81. The zero-order valence-electron chi connectivity index (χ0n) is 7.29. The fourth-order valence-corrected chi connectivity index (χ4v) is 1.06. The van der Waals surface area contributed by atoms with Gasteiger partial charge in [0.25, 0.3) is 0 Å². The van der Waals surface area contributed by atoms with E-state index in [-0.39, 0.29) is 0 Å². The Kier molecular flexibility index (Phi) is 2.64. The predicted molar refractivity (Wildman–Crippen MR) is 52.4 cm³/mol. The molecule has 0 heterocycles. The normalized spacial score (nSPS) is 9.31. The summed E-state index contributed by atoms with van der Waals surface area (Å²) < 4.78 is 0. The average molecular weight is 177 g/mol. The molecule has 1 amide bonds. The lowest BCUT2D eigenvalue weighted by molar-refractivity contribution is 0.100. The summed E-state index contributed by atoms with van der Waals surface area (Å²) in [6, 6.07) is 4.93. The number of carbonyl (C=O) groups is 1. The van der Waals surface area contributed by atoms with Gasteiger partial charge in [0.2, 0.25) is 5.91 Å². The molecule has 0 bridgehead atoms. The molecule has 1 aromatic carbocycles. The summed E-state index contributed by atoms with van der Waals surface area (Å²) in [6.07, 6.45) is 1.18. The maximum absolute atomic E-state index is 10.8. The molecule has 0 aliphatic carbocycles. The number of anilines is 1. The lowest BCUT2D eigenvalue weighted by Gasteiger charge is -2.05. The molecule has 1 aromatic rings. The van der Waals surface area contributed by atoms with Crippen molar-refractivity contribution in [2.24, 2.45) is 5.73 Å². The Morgan fingerprint density at radius 3 is 2.77 bits per heavy atom. The number of hydrogen-bond acceptors (Lipinski definition) is 3. The van der Waals surface area contributed by atoms with Gasteiger partial charge in [-0.3, -0.25) is 4.79 Å². The molecule has 0 unspecified atom stereocenters. The second-order valence-electron chi connectivity index (χ2n) is 2.56. The van der Waals surface area contributed by atoms with Gasteiger partial charge in [-0.25, -0.2) is 0 Å². The van der Waals surface area contributed by atoms with Crippen LogP contribution >= 0.6 is 0 Å². The molecule has 13 heavy (non-hydrogen) atoms. The fourth-order valence-electron chi connectivity index (χ4n) is 1.06. The van der Waals surface area contributed by atoms with E-state index in [9.17, 15) is 4.79 Å². The molecule has 0 radical (unpaired) electrons. The number of benzene rings is 1. The highest BCUT2D eigenvalue weighted by molar-refractivity contribution is 5.96. The molecule has 4 nitrogen and oxygen atoms in total. The van der Waals surface area contributed by atoms with Gasteiger partial charge in [-0.1, -0.05) is 0 Å². The molecule has 0 saturated heterocycles. The van der Waals surface area contributed by atoms with E-state index >= 15 is 0 Å². The second kappa shape index (κ2) is 3.71. The number of nitrogens with two attached hydrogens (primary N) is 1. The van der Waals surface area contributed by atoms with Crippen molar-refractivity contribution in [3.63, 3.8) is 0 Å². The summed E-state index contributed by atoms with van der Waals surface area (Å²) in [7, 11) is 1.76.